The molecule has 0 unspecified atom stereocenters. The van der Waals surface area contributed by atoms with Crippen molar-refractivity contribution >= 4 is 28.2 Å². The van der Waals surface area contributed by atoms with Crippen molar-refractivity contribution < 1.29 is 14.7 Å². The van der Waals surface area contributed by atoms with Gasteiger partial charge in [0.15, 0.2) is 11.4 Å². The fourth-order valence-corrected chi connectivity index (χ4v) is 4.68. The molecule has 4 nitrogen and oxygen atoms in total. The standard InChI is InChI=1S/C28H23NO3/c1-19(26(30)21-11-3-2-4-12-21)28(32)24-16-7-8-17-25(24)29(27(28)31)18-22-14-9-13-20-10-5-6-15-23(20)22/h2-17,19,32H,18H2,1H3/t19-,28+/m0/s1. The molecule has 0 saturated heterocycles. The molecule has 0 aromatic heterocycles. The smallest absolute Gasteiger partial charge is 0.264 e. The number of aliphatic hydroxyl groups is 1. The van der Waals surface area contributed by atoms with Crippen LogP contribution in [0.2, 0.25) is 0 Å². The number of fused-ring (bicyclic) bond motifs is 2. The van der Waals surface area contributed by atoms with Crippen LogP contribution in [-0.4, -0.2) is 16.8 Å². The summed E-state index contributed by atoms with van der Waals surface area (Å²) in [7, 11) is 0. The lowest BCUT2D eigenvalue weighted by atomic mass is 9.79. The lowest BCUT2D eigenvalue weighted by Gasteiger charge is -2.28. The summed E-state index contributed by atoms with van der Waals surface area (Å²) >= 11 is 0. The summed E-state index contributed by atoms with van der Waals surface area (Å²) in [6.45, 7) is 1.94. The van der Waals surface area contributed by atoms with Crippen LogP contribution < -0.4 is 4.90 Å². The van der Waals surface area contributed by atoms with Gasteiger partial charge in [-0.1, -0.05) is 97.9 Å². The molecule has 1 N–H and O–H groups in total. The van der Waals surface area contributed by atoms with Crippen LogP contribution in [0.25, 0.3) is 10.8 Å². The lowest BCUT2D eigenvalue weighted by molar-refractivity contribution is -0.139. The molecule has 0 fully saturated rings. The number of carbonyl (C=O) groups is 2. The number of anilines is 1. The van der Waals surface area contributed by atoms with E-state index in [0.29, 0.717) is 23.4 Å². The normalized spacial score (nSPS) is 18.6. The van der Waals surface area contributed by atoms with Gasteiger partial charge in [-0.25, -0.2) is 0 Å². The van der Waals surface area contributed by atoms with Gasteiger partial charge in [-0.2, -0.15) is 0 Å². The Bertz CT molecular complexity index is 1330. The van der Waals surface area contributed by atoms with Gasteiger partial charge in [-0.15, -0.1) is 0 Å². The molecule has 0 saturated carbocycles. The van der Waals surface area contributed by atoms with Crippen LogP contribution in [0.5, 0.6) is 0 Å². The molecule has 1 aliphatic heterocycles. The first-order chi connectivity index (χ1) is 15.5. The molecule has 5 rings (SSSR count). The SMILES string of the molecule is C[C@@H](C(=O)c1ccccc1)[C@]1(O)C(=O)N(Cc2cccc3ccccc23)c2ccccc21. The van der Waals surface area contributed by atoms with Gasteiger partial charge in [0.05, 0.1) is 18.2 Å². The van der Waals surface area contributed by atoms with E-state index in [1.165, 1.54) is 0 Å². The van der Waals surface area contributed by atoms with Crippen molar-refractivity contribution in [3.8, 4) is 0 Å². The quantitative estimate of drug-likeness (QED) is 0.457. The monoisotopic (exact) mass is 421 g/mol. The molecule has 4 aromatic carbocycles. The van der Waals surface area contributed by atoms with Crippen LogP contribution in [0.3, 0.4) is 0 Å². The van der Waals surface area contributed by atoms with Crippen molar-refractivity contribution in [3.05, 3.63) is 114 Å². The first kappa shape index (κ1) is 20.2. The molecule has 2 atom stereocenters. The van der Waals surface area contributed by atoms with Crippen LogP contribution >= 0.6 is 0 Å². The third-order valence-corrected chi connectivity index (χ3v) is 6.46. The minimum Gasteiger partial charge on any atom is -0.375 e. The Balaban J connectivity index is 1.57. The molecule has 0 radical (unpaired) electrons. The molecule has 1 heterocycles. The Hall–Kier alpha value is -3.76. The molecule has 4 aromatic rings. The summed E-state index contributed by atoms with van der Waals surface area (Å²) in [5, 5.41) is 13.9. The molecule has 0 spiro atoms. The highest BCUT2D eigenvalue weighted by Crippen LogP contribution is 2.46. The van der Waals surface area contributed by atoms with Gasteiger partial charge in [0.2, 0.25) is 0 Å². The fraction of sp³-hybridized carbons (Fsp3) is 0.143. The van der Waals surface area contributed by atoms with Crippen molar-refractivity contribution in [2.75, 3.05) is 4.90 Å². The Kier molecular flexibility index (Phi) is 4.87. The van der Waals surface area contributed by atoms with E-state index in [1.807, 2.05) is 60.7 Å². The highest BCUT2D eigenvalue weighted by atomic mass is 16.3. The van der Waals surface area contributed by atoms with E-state index in [2.05, 4.69) is 0 Å². The Morgan fingerprint density at radius 3 is 2.34 bits per heavy atom. The maximum atomic E-state index is 13.7. The largest absolute Gasteiger partial charge is 0.375 e. The summed E-state index contributed by atoms with van der Waals surface area (Å²) in [5.41, 5.74) is 0.653. The summed E-state index contributed by atoms with van der Waals surface area (Å²) < 4.78 is 0. The van der Waals surface area contributed by atoms with Gasteiger partial charge in [0.1, 0.15) is 0 Å². The number of hydrogen-bond donors (Lipinski definition) is 1. The van der Waals surface area contributed by atoms with Gasteiger partial charge >= 0.3 is 0 Å². The second kappa shape index (κ2) is 7.74. The minimum atomic E-state index is -1.92. The van der Waals surface area contributed by atoms with Crippen molar-refractivity contribution in [3.63, 3.8) is 0 Å². The Labute approximate surface area is 186 Å². The Morgan fingerprint density at radius 1 is 0.875 bits per heavy atom. The number of ketones is 1. The van der Waals surface area contributed by atoms with Crippen LogP contribution in [-0.2, 0) is 16.9 Å². The van der Waals surface area contributed by atoms with E-state index >= 15 is 0 Å². The maximum Gasteiger partial charge on any atom is 0.264 e. The molecule has 1 amide bonds. The van der Waals surface area contributed by atoms with Gasteiger partial charge < -0.3 is 10.0 Å². The summed E-state index contributed by atoms with van der Waals surface area (Å²) in [5.74, 6) is -1.66. The Morgan fingerprint density at radius 2 is 1.53 bits per heavy atom. The number of nitrogens with zero attached hydrogens (tertiary/aromatic N) is 1. The number of hydrogen-bond acceptors (Lipinski definition) is 3. The highest BCUT2D eigenvalue weighted by Gasteiger charge is 2.55. The predicted molar refractivity (Wildman–Crippen MR) is 125 cm³/mol. The van der Waals surface area contributed by atoms with Crippen LogP contribution in [0.4, 0.5) is 5.69 Å². The third kappa shape index (κ3) is 3.03. The van der Waals surface area contributed by atoms with Crippen molar-refractivity contribution in [1.29, 1.82) is 0 Å². The number of benzene rings is 4. The van der Waals surface area contributed by atoms with Crippen molar-refractivity contribution in [1.82, 2.24) is 0 Å². The van der Waals surface area contributed by atoms with Gasteiger partial charge in [-0.05, 0) is 22.4 Å². The first-order valence-electron chi connectivity index (χ1n) is 10.7. The second-order valence-electron chi connectivity index (χ2n) is 8.27. The van der Waals surface area contributed by atoms with E-state index in [4.69, 9.17) is 0 Å². The second-order valence-corrected chi connectivity index (χ2v) is 8.27. The molecule has 0 bridgehead atoms. The zero-order chi connectivity index (χ0) is 22.3. The molecular weight excluding hydrogens is 398 g/mol. The minimum absolute atomic E-state index is 0.261. The van der Waals surface area contributed by atoms with E-state index in [1.54, 1.807) is 48.2 Å². The van der Waals surface area contributed by atoms with Crippen molar-refractivity contribution in [2.24, 2.45) is 5.92 Å². The average molecular weight is 421 g/mol. The van der Waals surface area contributed by atoms with Crippen molar-refractivity contribution in [2.45, 2.75) is 19.1 Å². The number of para-hydroxylation sites is 1. The maximum absolute atomic E-state index is 13.7. The zero-order valence-corrected chi connectivity index (χ0v) is 17.7. The summed E-state index contributed by atoms with van der Waals surface area (Å²) in [6.07, 6.45) is 0. The van der Waals surface area contributed by atoms with Crippen LogP contribution in [0.15, 0.2) is 97.1 Å². The zero-order valence-electron chi connectivity index (χ0n) is 17.7. The van der Waals surface area contributed by atoms with E-state index in [0.717, 1.165) is 16.3 Å². The third-order valence-electron chi connectivity index (χ3n) is 6.46. The predicted octanol–water partition coefficient (Wildman–Crippen LogP) is 5.09. The average Bonchev–Trinajstić information content (AvgIpc) is 3.06. The number of carbonyl (C=O) groups excluding carboxylic acids is 2. The number of Topliss-reactive ketones (excluding diaryl/α,β-unsaturated/α-hetero) is 1. The lowest BCUT2D eigenvalue weighted by Crippen LogP contribution is -2.47. The van der Waals surface area contributed by atoms with E-state index < -0.39 is 17.4 Å². The highest BCUT2D eigenvalue weighted by molar-refractivity contribution is 6.11. The summed E-state index contributed by atoms with van der Waals surface area (Å²) in [6, 6.07) is 30.0. The van der Waals surface area contributed by atoms with E-state index in [9.17, 15) is 14.7 Å². The van der Waals surface area contributed by atoms with Gasteiger partial charge in [0, 0.05) is 11.1 Å². The van der Waals surface area contributed by atoms with E-state index in [-0.39, 0.29) is 5.78 Å². The molecule has 0 aliphatic carbocycles. The first-order valence-corrected chi connectivity index (χ1v) is 10.7. The molecular formula is C28H23NO3. The van der Waals surface area contributed by atoms with Crippen LogP contribution in [0, 0.1) is 5.92 Å². The van der Waals surface area contributed by atoms with Gasteiger partial charge in [-0.3, -0.25) is 9.59 Å². The topological polar surface area (TPSA) is 57.6 Å². The fourth-order valence-electron chi connectivity index (χ4n) is 4.68. The van der Waals surface area contributed by atoms with Gasteiger partial charge in [0.25, 0.3) is 5.91 Å². The molecule has 158 valence electrons. The summed E-state index contributed by atoms with van der Waals surface area (Å²) in [4.78, 5) is 28.5. The molecule has 32 heavy (non-hydrogen) atoms. The number of amides is 1. The molecule has 4 heteroatoms. The number of rotatable bonds is 5. The van der Waals surface area contributed by atoms with Crippen LogP contribution in [0.1, 0.15) is 28.4 Å². The molecule has 1 aliphatic rings.